The van der Waals surface area contributed by atoms with Crippen molar-refractivity contribution in [3.63, 3.8) is 0 Å². The summed E-state index contributed by atoms with van der Waals surface area (Å²) in [6, 6.07) is 3.58. The molecular weight excluding hydrogens is 504 g/mol. The van der Waals surface area contributed by atoms with Crippen LogP contribution in [0.2, 0.25) is 0 Å². The lowest BCUT2D eigenvalue weighted by Crippen LogP contribution is -2.35. The van der Waals surface area contributed by atoms with Crippen molar-refractivity contribution in [2.45, 2.75) is 31.8 Å². The second kappa shape index (κ2) is 10.1. The number of ketones is 2. The Balaban J connectivity index is 1.35. The quantitative estimate of drug-likeness (QED) is 0.256. The minimum atomic E-state index is -0.775. The number of anilines is 1. The summed E-state index contributed by atoms with van der Waals surface area (Å²) in [5, 5.41) is 22.0. The van der Waals surface area contributed by atoms with E-state index in [1.165, 1.54) is 23.1 Å². The average Bonchev–Trinajstić information content (AvgIpc) is 3.60. The molecule has 0 amide bonds. The fourth-order valence-electron chi connectivity index (χ4n) is 4.93. The van der Waals surface area contributed by atoms with Crippen molar-refractivity contribution in [3.8, 4) is 0 Å². The molecule has 0 unspecified atom stereocenters. The number of ether oxygens (including phenoxy) is 1. The number of hydrogen-bond acceptors (Lipinski definition) is 9. The molecule has 11 heteroatoms. The summed E-state index contributed by atoms with van der Waals surface area (Å²) < 4.78 is 7.19. The van der Waals surface area contributed by atoms with Gasteiger partial charge < -0.3 is 19.8 Å². The zero-order valence-corrected chi connectivity index (χ0v) is 21.0. The number of aliphatic hydroxyl groups is 1. The largest absolute Gasteiger partial charge is 0.506 e. The Morgan fingerprint density at radius 3 is 2.42 bits per heavy atom. The van der Waals surface area contributed by atoms with E-state index in [1.54, 1.807) is 12.1 Å². The Kier molecular flexibility index (Phi) is 6.85. The van der Waals surface area contributed by atoms with Gasteiger partial charge in [-0.1, -0.05) is 0 Å². The molecule has 188 valence electrons. The van der Waals surface area contributed by atoms with Crippen molar-refractivity contribution in [1.82, 2.24) is 0 Å². The highest BCUT2D eigenvalue weighted by atomic mass is 32.2. The normalized spacial score (nSPS) is 25.3. The third kappa shape index (κ3) is 4.53. The van der Waals surface area contributed by atoms with Crippen LogP contribution in [0.5, 0.6) is 0 Å². The number of carbonyl (C=O) groups is 4. The maximum absolute atomic E-state index is 12.9. The summed E-state index contributed by atoms with van der Waals surface area (Å²) in [5.74, 6) is -2.85. The van der Waals surface area contributed by atoms with E-state index in [4.69, 9.17) is 4.74 Å². The molecule has 1 aromatic rings. The number of Topliss-reactive ketones (excluding diaryl/α,β-unsaturated/α-hetero) is 2. The lowest BCUT2D eigenvalue weighted by Gasteiger charge is -2.30. The highest BCUT2D eigenvalue weighted by molar-refractivity contribution is 8.18. The molecule has 0 atom stereocenters. The summed E-state index contributed by atoms with van der Waals surface area (Å²) >= 11 is 2.66. The highest BCUT2D eigenvalue weighted by Crippen LogP contribution is 2.42. The summed E-state index contributed by atoms with van der Waals surface area (Å²) in [6.45, 7) is 3.09. The van der Waals surface area contributed by atoms with Gasteiger partial charge in [-0.15, -0.1) is 11.3 Å². The molecule has 1 aliphatic carbocycles. The molecule has 36 heavy (non-hydrogen) atoms. The van der Waals surface area contributed by atoms with Gasteiger partial charge in [0.2, 0.25) is 16.6 Å². The zero-order chi connectivity index (χ0) is 25.4. The molecule has 2 N–H and O–H groups in total. The molecule has 2 saturated heterocycles. The monoisotopic (exact) mass is 529 g/mol. The van der Waals surface area contributed by atoms with Crippen molar-refractivity contribution < 1.29 is 38.7 Å². The SMILES string of the molecule is O=COC1CC[N+](=C2C=C/C(=C3/C(=O)C(=O)C(c4ccc(N5CCC(C(=O)O)CC5)s4)=C3O)S2)CC1. The summed E-state index contributed by atoms with van der Waals surface area (Å²) in [7, 11) is 0. The van der Waals surface area contributed by atoms with Gasteiger partial charge in [-0.2, -0.15) is 0 Å². The number of aliphatic hydroxyl groups excluding tert-OH is 1. The zero-order valence-electron chi connectivity index (χ0n) is 19.3. The number of allylic oxidation sites excluding steroid dienone is 3. The van der Waals surface area contributed by atoms with E-state index in [-0.39, 0.29) is 28.9 Å². The molecule has 0 radical (unpaired) electrons. The number of carbonyl (C=O) groups excluding carboxylic acids is 3. The van der Waals surface area contributed by atoms with Gasteiger partial charge in [0.25, 0.3) is 6.47 Å². The third-order valence-electron chi connectivity index (χ3n) is 6.97. The number of carboxylic acids is 1. The Hall–Kier alpha value is -3.18. The average molecular weight is 530 g/mol. The smallest absolute Gasteiger partial charge is 0.306 e. The van der Waals surface area contributed by atoms with E-state index in [2.05, 4.69) is 9.48 Å². The Morgan fingerprint density at radius 2 is 1.75 bits per heavy atom. The fourth-order valence-corrected chi connectivity index (χ4v) is 7.13. The van der Waals surface area contributed by atoms with Crippen LogP contribution in [-0.2, 0) is 23.9 Å². The van der Waals surface area contributed by atoms with Gasteiger partial charge in [0.1, 0.15) is 25.0 Å². The summed E-state index contributed by atoms with van der Waals surface area (Å²) in [4.78, 5) is 50.7. The molecule has 0 saturated carbocycles. The minimum Gasteiger partial charge on any atom is -0.506 e. The van der Waals surface area contributed by atoms with Crippen molar-refractivity contribution in [3.05, 3.63) is 45.4 Å². The van der Waals surface area contributed by atoms with Crippen LogP contribution in [0.1, 0.15) is 30.6 Å². The van der Waals surface area contributed by atoms with E-state index < -0.39 is 17.5 Å². The number of piperidine rings is 2. The van der Waals surface area contributed by atoms with E-state index >= 15 is 0 Å². The van der Waals surface area contributed by atoms with Crippen molar-refractivity contribution in [2.24, 2.45) is 5.92 Å². The number of aliphatic carboxylic acids is 1. The first-order valence-electron chi connectivity index (χ1n) is 11.8. The summed E-state index contributed by atoms with van der Waals surface area (Å²) in [5.41, 5.74) is 0.0519. The van der Waals surface area contributed by atoms with Gasteiger partial charge in [0.05, 0.1) is 22.1 Å². The van der Waals surface area contributed by atoms with Crippen LogP contribution in [0.15, 0.2) is 40.5 Å². The molecule has 0 spiro atoms. The molecule has 4 heterocycles. The van der Waals surface area contributed by atoms with E-state index in [0.29, 0.717) is 68.1 Å². The van der Waals surface area contributed by atoms with Crippen molar-refractivity contribution in [1.29, 1.82) is 0 Å². The topological polar surface area (TPSA) is 124 Å². The molecule has 9 nitrogen and oxygen atoms in total. The number of carboxylic acid groups (broad SMARTS) is 1. The first kappa shape index (κ1) is 24.5. The lowest BCUT2D eigenvalue weighted by atomic mass is 9.97. The van der Waals surface area contributed by atoms with Crippen LogP contribution in [0.4, 0.5) is 5.00 Å². The van der Waals surface area contributed by atoms with Crippen LogP contribution in [0.3, 0.4) is 0 Å². The van der Waals surface area contributed by atoms with Crippen LogP contribution < -0.4 is 4.90 Å². The van der Waals surface area contributed by atoms with Gasteiger partial charge in [0, 0.05) is 41.8 Å². The minimum absolute atomic E-state index is 0.0217. The first-order valence-corrected chi connectivity index (χ1v) is 13.4. The molecule has 2 fully saturated rings. The first-order chi connectivity index (χ1) is 17.4. The van der Waals surface area contributed by atoms with Crippen molar-refractivity contribution >= 4 is 62.7 Å². The Labute approximate surface area is 215 Å². The Bertz CT molecular complexity index is 1250. The number of rotatable bonds is 5. The van der Waals surface area contributed by atoms with Crippen LogP contribution in [0, 0.1) is 5.92 Å². The summed E-state index contributed by atoms with van der Waals surface area (Å²) in [6.07, 6.45) is 6.06. The van der Waals surface area contributed by atoms with Gasteiger partial charge in [-0.25, -0.2) is 4.58 Å². The molecule has 3 aliphatic heterocycles. The van der Waals surface area contributed by atoms with Gasteiger partial charge in [-0.05, 0) is 42.8 Å². The van der Waals surface area contributed by atoms with Gasteiger partial charge in [0.15, 0.2) is 0 Å². The molecule has 0 aromatic carbocycles. The molecule has 1 aromatic heterocycles. The number of nitrogens with zero attached hydrogens (tertiary/aromatic N) is 2. The fraction of sp³-hybridized carbons (Fsp3) is 0.400. The number of thioether (sulfide) groups is 1. The molecule has 5 rings (SSSR count). The predicted molar refractivity (Wildman–Crippen MR) is 135 cm³/mol. The van der Waals surface area contributed by atoms with Crippen LogP contribution >= 0.6 is 23.1 Å². The molecular formula is C25H25N2O7S2+. The van der Waals surface area contributed by atoms with Gasteiger partial charge >= 0.3 is 5.97 Å². The van der Waals surface area contributed by atoms with E-state index in [1.807, 2.05) is 12.1 Å². The van der Waals surface area contributed by atoms with E-state index in [0.717, 1.165) is 10.0 Å². The Morgan fingerprint density at radius 1 is 1.06 bits per heavy atom. The van der Waals surface area contributed by atoms with Crippen molar-refractivity contribution in [2.75, 3.05) is 31.1 Å². The van der Waals surface area contributed by atoms with Crippen LogP contribution in [0.25, 0.3) is 5.57 Å². The molecule has 0 bridgehead atoms. The predicted octanol–water partition coefficient (Wildman–Crippen LogP) is 2.77. The van der Waals surface area contributed by atoms with E-state index in [9.17, 15) is 29.4 Å². The van der Waals surface area contributed by atoms with Crippen LogP contribution in [-0.4, -0.2) is 76.1 Å². The number of thiophene rings is 1. The second-order valence-electron chi connectivity index (χ2n) is 9.05. The maximum atomic E-state index is 12.9. The maximum Gasteiger partial charge on any atom is 0.306 e. The highest BCUT2D eigenvalue weighted by Gasteiger charge is 2.41. The van der Waals surface area contributed by atoms with Gasteiger partial charge in [-0.3, -0.25) is 19.2 Å². The second-order valence-corrected chi connectivity index (χ2v) is 11.2. The molecule has 4 aliphatic rings. The lowest BCUT2D eigenvalue weighted by molar-refractivity contribution is -0.538. The third-order valence-corrected chi connectivity index (χ3v) is 9.29. The standard InChI is InChI=1S/C25H24N2O7S2/c28-13-34-15-7-11-27(12-8-15)19-4-2-17(36-19)21-22(29)20(23(30)24(21)31)16-1-3-18(35-16)26-9-5-14(6-10-26)25(32)33/h1-4,13-15H,5-12H2,(H-,29,30,31,32,33)/p+1. The number of hydrogen-bond donors (Lipinski definition) is 2.